The van der Waals surface area contributed by atoms with Crippen LogP contribution in [0, 0.1) is 0 Å². The van der Waals surface area contributed by atoms with Crippen LogP contribution in [0.2, 0.25) is 0 Å². The molecule has 0 spiro atoms. The van der Waals surface area contributed by atoms with Crippen molar-refractivity contribution >= 4 is 33.1 Å². The summed E-state index contributed by atoms with van der Waals surface area (Å²) in [5, 5.41) is 6.12. The highest BCUT2D eigenvalue weighted by atomic mass is 32.2. The van der Waals surface area contributed by atoms with Gasteiger partial charge in [0.1, 0.15) is 0 Å². The van der Waals surface area contributed by atoms with Crippen LogP contribution in [0.25, 0.3) is 0 Å². The molecule has 0 saturated heterocycles. The Hall–Kier alpha value is -1.44. The predicted octanol–water partition coefficient (Wildman–Crippen LogP) is 1.41. The first kappa shape index (κ1) is 13.6. The summed E-state index contributed by atoms with van der Waals surface area (Å²) in [6.45, 7) is 4.07. The highest BCUT2D eigenvalue weighted by Gasteiger charge is 2.08. The fourth-order valence-corrected chi connectivity index (χ4v) is 1.73. The molecule has 5 nitrogen and oxygen atoms in total. The summed E-state index contributed by atoms with van der Waals surface area (Å²) in [6.07, 6.45) is 1.66. The van der Waals surface area contributed by atoms with Gasteiger partial charge in [-0.3, -0.25) is 4.55 Å². The van der Waals surface area contributed by atoms with Crippen LogP contribution in [-0.4, -0.2) is 24.6 Å². The zero-order valence-electron chi connectivity index (χ0n) is 8.88. The summed E-state index contributed by atoms with van der Waals surface area (Å²) in [4.78, 5) is -0.159. The van der Waals surface area contributed by atoms with Crippen LogP contribution < -0.4 is 10.6 Å². The fourth-order valence-electron chi connectivity index (χ4n) is 1.05. The number of nitrogens with one attached hydrogen (secondary N) is 2. The molecule has 0 aliphatic heterocycles. The molecule has 0 aliphatic carbocycles. The molecule has 17 heavy (non-hydrogen) atoms. The van der Waals surface area contributed by atoms with Crippen LogP contribution in [0.15, 0.2) is 41.8 Å². The normalized spacial score (nSPS) is 10.6. The molecule has 1 aromatic carbocycles. The molecule has 0 fully saturated rings. The highest BCUT2D eigenvalue weighted by molar-refractivity contribution is 7.85. The van der Waals surface area contributed by atoms with Gasteiger partial charge in [-0.15, -0.1) is 6.58 Å². The minimum Gasteiger partial charge on any atom is -0.359 e. The van der Waals surface area contributed by atoms with Gasteiger partial charge >= 0.3 is 0 Å². The molecule has 0 amide bonds. The number of thiocarbonyl (C=S) groups is 1. The van der Waals surface area contributed by atoms with E-state index in [0.717, 1.165) is 0 Å². The van der Waals surface area contributed by atoms with Crippen molar-refractivity contribution in [3.63, 3.8) is 0 Å². The molecule has 0 radical (unpaired) electrons. The van der Waals surface area contributed by atoms with Crippen LogP contribution in [-0.2, 0) is 10.1 Å². The van der Waals surface area contributed by atoms with E-state index in [1.807, 2.05) is 0 Å². The zero-order valence-corrected chi connectivity index (χ0v) is 10.5. The van der Waals surface area contributed by atoms with Crippen LogP contribution in [0.4, 0.5) is 5.69 Å². The topological polar surface area (TPSA) is 78.4 Å². The Morgan fingerprint density at radius 1 is 1.41 bits per heavy atom. The lowest BCUT2D eigenvalue weighted by Crippen LogP contribution is -2.28. The van der Waals surface area contributed by atoms with Crippen molar-refractivity contribution in [3.05, 3.63) is 36.9 Å². The molecule has 7 heteroatoms. The van der Waals surface area contributed by atoms with Crippen LogP contribution >= 0.6 is 12.2 Å². The molecule has 1 rings (SSSR count). The smallest absolute Gasteiger partial charge is 0.294 e. The molecule has 0 aliphatic rings. The van der Waals surface area contributed by atoms with E-state index in [0.29, 0.717) is 17.3 Å². The summed E-state index contributed by atoms with van der Waals surface area (Å²) in [7, 11) is -4.15. The van der Waals surface area contributed by atoms with Crippen LogP contribution in [0.5, 0.6) is 0 Å². The molecule has 1 aromatic rings. The lowest BCUT2D eigenvalue weighted by Gasteiger charge is -2.08. The highest BCUT2D eigenvalue weighted by Crippen LogP contribution is 2.13. The number of hydrogen-bond donors (Lipinski definition) is 3. The van der Waals surface area contributed by atoms with Gasteiger partial charge in [-0.2, -0.15) is 8.42 Å². The number of hydrogen-bond acceptors (Lipinski definition) is 3. The zero-order chi connectivity index (χ0) is 12.9. The van der Waals surface area contributed by atoms with E-state index < -0.39 is 10.1 Å². The summed E-state index contributed by atoms with van der Waals surface area (Å²) >= 11 is 4.97. The van der Waals surface area contributed by atoms with E-state index in [-0.39, 0.29) is 4.90 Å². The third kappa shape index (κ3) is 4.51. The number of benzene rings is 1. The van der Waals surface area contributed by atoms with Crippen molar-refractivity contribution in [2.24, 2.45) is 0 Å². The predicted molar refractivity (Wildman–Crippen MR) is 70.7 cm³/mol. The van der Waals surface area contributed by atoms with E-state index in [9.17, 15) is 8.42 Å². The van der Waals surface area contributed by atoms with Gasteiger partial charge in [0, 0.05) is 12.2 Å². The SMILES string of the molecule is C=CCNC(=S)Nc1ccc(S(=O)(=O)O)cc1. The van der Waals surface area contributed by atoms with E-state index in [1.165, 1.54) is 24.3 Å². The monoisotopic (exact) mass is 272 g/mol. The van der Waals surface area contributed by atoms with Gasteiger partial charge in [0.15, 0.2) is 5.11 Å². The van der Waals surface area contributed by atoms with Gasteiger partial charge in [-0.1, -0.05) is 6.08 Å². The quantitative estimate of drug-likeness (QED) is 0.437. The average molecular weight is 272 g/mol. The van der Waals surface area contributed by atoms with Gasteiger partial charge in [0.05, 0.1) is 4.90 Å². The average Bonchev–Trinajstić information content (AvgIpc) is 2.26. The Morgan fingerprint density at radius 2 is 2.00 bits per heavy atom. The molecular formula is C10H12N2O3S2. The minimum atomic E-state index is -4.15. The lowest BCUT2D eigenvalue weighted by atomic mass is 10.3. The van der Waals surface area contributed by atoms with Gasteiger partial charge < -0.3 is 10.6 Å². The van der Waals surface area contributed by atoms with Crippen LogP contribution in [0.1, 0.15) is 0 Å². The summed E-state index contributed by atoms with van der Waals surface area (Å²) in [6, 6.07) is 5.58. The van der Waals surface area contributed by atoms with Gasteiger partial charge in [-0.05, 0) is 36.5 Å². The summed E-state index contributed by atoms with van der Waals surface area (Å²) < 4.78 is 30.4. The Labute approximate surface area is 105 Å². The molecule has 3 N–H and O–H groups in total. The second-order valence-electron chi connectivity index (χ2n) is 3.12. The second-order valence-corrected chi connectivity index (χ2v) is 4.95. The van der Waals surface area contributed by atoms with Crippen molar-refractivity contribution < 1.29 is 13.0 Å². The van der Waals surface area contributed by atoms with Gasteiger partial charge in [0.25, 0.3) is 10.1 Å². The van der Waals surface area contributed by atoms with Crippen molar-refractivity contribution in [2.75, 3.05) is 11.9 Å². The second kappa shape index (κ2) is 5.76. The van der Waals surface area contributed by atoms with E-state index in [1.54, 1.807) is 6.08 Å². The maximum Gasteiger partial charge on any atom is 0.294 e. The van der Waals surface area contributed by atoms with Crippen molar-refractivity contribution in [1.82, 2.24) is 5.32 Å². The molecule has 0 heterocycles. The number of rotatable bonds is 4. The Bertz CT molecular complexity index is 509. The minimum absolute atomic E-state index is 0.159. The molecule has 0 atom stereocenters. The standard InChI is InChI=1S/C10H12N2O3S2/c1-2-7-11-10(16)12-8-3-5-9(6-4-8)17(13,14)15/h2-6H,1,7H2,(H2,11,12,16)(H,13,14,15). The molecule has 0 saturated carbocycles. The van der Waals surface area contributed by atoms with Crippen molar-refractivity contribution in [3.8, 4) is 0 Å². The molecule has 0 bridgehead atoms. The van der Waals surface area contributed by atoms with Crippen molar-refractivity contribution in [1.29, 1.82) is 0 Å². The van der Waals surface area contributed by atoms with Gasteiger partial charge in [0.2, 0.25) is 0 Å². The molecule has 0 aromatic heterocycles. The molecule has 92 valence electrons. The summed E-state index contributed by atoms with van der Waals surface area (Å²) in [5.41, 5.74) is 0.624. The first-order valence-corrected chi connectivity index (χ1v) is 6.51. The first-order valence-electron chi connectivity index (χ1n) is 4.67. The first-order chi connectivity index (χ1) is 7.93. The molecule has 0 unspecified atom stereocenters. The Kier molecular flexibility index (Phi) is 4.62. The Morgan fingerprint density at radius 3 is 2.47 bits per heavy atom. The number of anilines is 1. The Balaban J connectivity index is 2.69. The maximum absolute atomic E-state index is 10.8. The van der Waals surface area contributed by atoms with E-state index in [2.05, 4.69) is 17.2 Å². The lowest BCUT2D eigenvalue weighted by molar-refractivity contribution is 0.483. The maximum atomic E-state index is 10.8. The van der Waals surface area contributed by atoms with E-state index >= 15 is 0 Å². The van der Waals surface area contributed by atoms with E-state index in [4.69, 9.17) is 16.8 Å². The van der Waals surface area contributed by atoms with Crippen molar-refractivity contribution in [2.45, 2.75) is 4.90 Å². The largest absolute Gasteiger partial charge is 0.359 e. The third-order valence-corrected chi connectivity index (χ3v) is 2.93. The van der Waals surface area contributed by atoms with Crippen LogP contribution in [0.3, 0.4) is 0 Å². The van der Waals surface area contributed by atoms with Gasteiger partial charge in [-0.25, -0.2) is 0 Å². The molecular weight excluding hydrogens is 260 g/mol. The third-order valence-electron chi connectivity index (χ3n) is 1.82. The fraction of sp³-hybridized carbons (Fsp3) is 0.100. The summed E-state index contributed by atoms with van der Waals surface area (Å²) in [5.74, 6) is 0.